The molecule has 1 aromatic rings. The molecule has 0 spiro atoms. The summed E-state index contributed by atoms with van der Waals surface area (Å²) >= 11 is 0. The number of rotatable bonds is 8. The molecule has 1 fully saturated rings. The number of carbonyl (C=O) groups excluding carboxylic acids is 3. The minimum atomic E-state index is -0.763. The molecule has 0 radical (unpaired) electrons. The van der Waals surface area contributed by atoms with Crippen LogP contribution in [0.5, 0.6) is 0 Å². The van der Waals surface area contributed by atoms with Crippen LogP contribution >= 0.6 is 0 Å². The Balaban J connectivity index is 2.24. The van der Waals surface area contributed by atoms with Crippen LogP contribution in [0.15, 0.2) is 30.3 Å². The molecule has 2 atom stereocenters. The van der Waals surface area contributed by atoms with Crippen molar-refractivity contribution >= 4 is 17.9 Å². The van der Waals surface area contributed by atoms with Crippen LogP contribution in [-0.4, -0.2) is 47.0 Å². The first-order valence-corrected chi connectivity index (χ1v) is 11.8. The molecule has 3 amide bonds. The van der Waals surface area contributed by atoms with E-state index in [0.29, 0.717) is 6.42 Å². The fourth-order valence-electron chi connectivity index (χ4n) is 3.99. The summed E-state index contributed by atoms with van der Waals surface area (Å²) in [7, 11) is 0. The summed E-state index contributed by atoms with van der Waals surface area (Å²) in [6, 6.07) is 8.55. The molecule has 0 saturated heterocycles. The van der Waals surface area contributed by atoms with Gasteiger partial charge in [-0.3, -0.25) is 9.59 Å². The van der Waals surface area contributed by atoms with Gasteiger partial charge in [-0.1, -0.05) is 56.5 Å². The van der Waals surface area contributed by atoms with E-state index in [9.17, 15) is 14.4 Å². The Morgan fingerprint density at radius 2 is 1.72 bits per heavy atom. The molecule has 0 bridgehead atoms. The summed E-state index contributed by atoms with van der Waals surface area (Å²) < 4.78 is 5.25. The van der Waals surface area contributed by atoms with Gasteiger partial charge in [0, 0.05) is 12.1 Å². The second-order valence-electron chi connectivity index (χ2n) is 9.57. The standard InChI is InChI=1S/C25H39N3O4/c1-6-18(2)28(21(29)17-26-24(31)32-25(3,4)5)22(19-13-9-7-10-14-19)23(30)27-20-15-11-8-12-16-20/h7,9-10,13-14,18,20,22H,6,8,11-12,15-17H2,1-5H3,(H,26,31)(H,27,30). The third kappa shape index (κ3) is 7.84. The van der Waals surface area contributed by atoms with E-state index < -0.39 is 17.7 Å². The predicted octanol–water partition coefficient (Wildman–Crippen LogP) is 4.33. The molecule has 7 nitrogen and oxygen atoms in total. The van der Waals surface area contributed by atoms with Crippen LogP contribution in [0.2, 0.25) is 0 Å². The summed E-state index contributed by atoms with van der Waals surface area (Å²) in [5, 5.41) is 5.72. The van der Waals surface area contributed by atoms with Gasteiger partial charge in [-0.2, -0.15) is 0 Å². The number of benzene rings is 1. The fraction of sp³-hybridized carbons (Fsp3) is 0.640. The molecule has 1 saturated carbocycles. The zero-order valence-corrected chi connectivity index (χ0v) is 20.1. The summed E-state index contributed by atoms with van der Waals surface area (Å²) in [6.45, 7) is 8.96. The van der Waals surface area contributed by atoms with Gasteiger partial charge >= 0.3 is 6.09 Å². The van der Waals surface area contributed by atoms with Crippen LogP contribution in [0.1, 0.15) is 84.7 Å². The van der Waals surface area contributed by atoms with E-state index in [4.69, 9.17) is 4.74 Å². The minimum Gasteiger partial charge on any atom is -0.444 e. The lowest BCUT2D eigenvalue weighted by Crippen LogP contribution is -2.52. The number of ether oxygens (including phenoxy) is 1. The van der Waals surface area contributed by atoms with Gasteiger partial charge in [0.05, 0.1) is 0 Å². The topological polar surface area (TPSA) is 87.7 Å². The van der Waals surface area contributed by atoms with Crippen molar-refractivity contribution in [1.82, 2.24) is 15.5 Å². The summed E-state index contributed by atoms with van der Waals surface area (Å²) in [5.41, 5.74) is 0.0995. The zero-order chi connectivity index (χ0) is 23.7. The van der Waals surface area contributed by atoms with Crippen LogP contribution in [0.3, 0.4) is 0 Å². The Bertz CT molecular complexity index is 754. The van der Waals surface area contributed by atoms with E-state index in [1.54, 1.807) is 25.7 Å². The number of hydrogen-bond donors (Lipinski definition) is 2. The van der Waals surface area contributed by atoms with Gasteiger partial charge in [0.25, 0.3) is 0 Å². The van der Waals surface area contributed by atoms with Gasteiger partial charge in [-0.25, -0.2) is 4.79 Å². The van der Waals surface area contributed by atoms with Gasteiger partial charge in [-0.15, -0.1) is 0 Å². The summed E-state index contributed by atoms with van der Waals surface area (Å²) in [6.07, 6.45) is 5.36. The van der Waals surface area contributed by atoms with Crippen LogP contribution in [-0.2, 0) is 14.3 Å². The average molecular weight is 446 g/mol. The summed E-state index contributed by atoms with van der Waals surface area (Å²) in [5.74, 6) is -0.494. The van der Waals surface area contributed by atoms with Crippen LogP contribution in [0, 0.1) is 0 Å². The molecule has 0 aromatic heterocycles. The van der Waals surface area contributed by atoms with Crippen molar-refractivity contribution in [2.75, 3.05) is 6.54 Å². The quantitative estimate of drug-likeness (QED) is 0.623. The van der Waals surface area contributed by atoms with Crippen molar-refractivity contribution in [3.63, 3.8) is 0 Å². The molecule has 0 heterocycles. The number of nitrogens with one attached hydrogen (secondary N) is 2. The minimum absolute atomic E-state index is 0.135. The van der Waals surface area contributed by atoms with Crippen molar-refractivity contribution in [2.45, 2.75) is 96.9 Å². The van der Waals surface area contributed by atoms with Crippen molar-refractivity contribution < 1.29 is 19.1 Å². The number of carbonyl (C=O) groups is 3. The third-order valence-corrected chi connectivity index (χ3v) is 5.73. The van der Waals surface area contributed by atoms with E-state index in [-0.39, 0.29) is 30.4 Å². The van der Waals surface area contributed by atoms with E-state index in [2.05, 4.69) is 10.6 Å². The van der Waals surface area contributed by atoms with Gasteiger partial charge in [0.1, 0.15) is 18.2 Å². The number of alkyl carbamates (subject to hydrolysis) is 1. The van der Waals surface area contributed by atoms with Crippen molar-refractivity contribution in [3.05, 3.63) is 35.9 Å². The van der Waals surface area contributed by atoms with Gasteiger partial charge in [0.15, 0.2) is 0 Å². The molecule has 1 aromatic carbocycles. The molecule has 1 aliphatic carbocycles. The van der Waals surface area contributed by atoms with Crippen LogP contribution in [0.25, 0.3) is 0 Å². The van der Waals surface area contributed by atoms with Crippen LogP contribution < -0.4 is 10.6 Å². The number of nitrogens with zero attached hydrogens (tertiary/aromatic N) is 1. The second kappa shape index (κ2) is 11.9. The molecule has 32 heavy (non-hydrogen) atoms. The van der Waals surface area contributed by atoms with E-state index in [0.717, 1.165) is 31.2 Å². The fourth-order valence-corrected chi connectivity index (χ4v) is 3.99. The first-order valence-electron chi connectivity index (χ1n) is 11.8. The first-order chi connectivity index (χ1) is 15.1. The maximum absolute atomic E-state index is 13.5. The van der Waals surface area contributed by atoms with Gasteiger partial charge < -0.3 is 20.3 Å². The Morgan fingerprint density at radius 3 is 2.28 bits per heavy atom. The van der Waals surface area contributed by atoms with Gasteiger partial charge in [-0.05, 0) is 52.5 Å². The molecule has 1 aliphatic rings. The third-order valence-electron chi connectivity index (χ3n) is 5.73. The highest BCUT2D eigenvalue weighted by atomic mass is 16.6. The molecule has 178 valence electrons. The van der Waals surface area contributed by atoms with E-state index in [1.165, 1.54) is 6.42 Å². The largest absolute Gasteiger partial charge is 0.444 e. The molecular weight excluding hydrogens is 406 g/mol. The Labute approximate surface area is 192 Å². The normalized spacial score (nSPS) is 16.5. The lowest BCUT2D eigenvalue weighted by atomic mass is 9.94. The second-order valence-corrected chi connectivity index (χ2v) is 9.57. The van der Waals surface area contributed by atoms with Crippen molar-refractivity contribution in [1.29, 1.82) is 0 Å². The highest BCUT2D eigenvalue weighted by Gasteiger charge is 2.35. The maximum Gasteiger partial charge on any atom is 0.408 e. The SMILES string of the molecule is CCC(C)N(C(=O)CNC(=O)OC(C)(C)C)C(C(=O)NC1CCCCC1)c1ccccc1. The van der Waals surface area contributed by atoms with E-state index in [1.807, 2.05) is 44.2 Å². The highest BCUT2D eigenvalue weighted by Crippen LogP contribution is 2.26. The molecule has 2 unspecified atom stereocenters. The lowest BCUT2D eigenvalue weighted by molar-refractivity contribution is -0.143. The zero-order valence-electron chi connectivity index (χ0n) is 20.1. The lowest BCUT2D eigenvalue weighted by Gasteiger charge is -2.37. The molecule has 7 heteroatoms. The Kier molecular flexibility index (Phi) is 9.54. The van der Waals surface area contributed by atoms with Crippen molar-refractivity contribution in [2.24, 2.45) is 0 Å². The first kappa shape index (κ1) is 25.7. The van der Waals surface area contributed by atoms with Crippen LogP contribution in [0.4, 0.5) is 4.79 Å². The highest BCUT2D eigenvalue weighted by molar-refractivity contribution is 5.90. The Morgan fingerprint density at radius 1 is 1.09 bits per heavy atom. The molecule has 2 N–H and O–H groups in total. The Hall–Kier alpha value is -2.57. The molecule has 2 rings (SSSR count). The average Bonchev–Trinajstić information content (AvgIpc) is 2.75. The smallest absolute Gasteiger partial charge is 0.408 e. The molecular formula is C25H39N3O4. The van der Waals surface area contributed by atoms with Gasteiger partial charge in [0.2, 0.25) is 11.8 Å². The molecule has 0 aliphatic heterocycles. The predicted molar refractivity (Wildman–Crippen MR) is 125 cm³/mol. The number of hydrogen-bond acceptors (Lipinski definition) is 4. The monoisotopic (exact) mass is 445 g/mol. The van der Waals surface area contributed by atoms with Crippen molar-refractivity contribution in [3.8, 4) is 0 Å². The van der Waals surface area contributed by atoms with E-state index >= 15 is 0 Å². The summed E-state index contributed by atoms with van der Waals surface area (Å²) in [4.78, 5) is 40.5. The number of amides is 3. The maximum atomic E-state index is 13.5.